The number of amides is 1. The third kappa shape index (κ3) is 3.11. The van der Waals surface area contributed by atoms with Crippen molar-refractivity contribution in [2.75, 3.05) is 5.32 Å². The van der Waals surface area contributed by atoms with Gasteiger partial charge in [-0.05, 0) is 37.3 Å². The lowest BCUT2D eigenvalue weighted by atomic mass is 10.2. The van der Waals surface area contributed by atoms with Gasteiger partial charge in [0.25, 0.3) is 5.91 Å². The molecule has 3 rings (SSSR count). The molecule has 5 nitrogen and oxygen atoms in total. The number of nitrogens with zero attached hydrogens (tertiary/aromatic N) is 2. The van der Waals surface area contributed by atoms with E-state index in [0.29, 0.717) is 27.7 Å². The normalized spacial score (nSPS) is 10.3. The maximum Gasteiger partial charge on any atom is 0.275 e. The quantitative estimate of drug-likeness (QED) is 0.759. The predicted octanol–water partition coefficient (Wildman–Crippen LogP) is 4.49. The van der Waals surface area contributed by atoms with Crippen LogP contribution in [0.1, 0.15) is 20.9 Å². The molecule has 0 fully saturated rings. The molecule has 0 bridgehead atoms. The van der Waals surface area contributed by atoms with Crippen molar-refractivity contribution < 1.29 is 9.21 Å². The first kappa shape index (κ1) is 15.3. The van der Waals surface area contributed by atoms with Gasteiger partial charge in [0.05, 0.1) is 16.8 Å². The number of hydrogen-bond donors (Lipinski definition) is 1. The van der Waals surface area contributed by atoms with Gasteiger partial charge >= 0.3 is 0 Å². The van der Waals surface area contributed by atoms with Gasteiger partial charge in [-0.3, -0.25) is 4.79 Å². The maximum absolute atomic E-state index is 12.4. The van der Waals surface area contributed by atoms with Gasteiger partial charge in [0.15, 0.2) is 10.8 Å². The fourth-order valence-corrected chi connectivity index (χ4v) is 3.09. The number of nitrogens with one attached hydrogen (secondary N) is 1. The molecule has 0 atom stereocenters. The molecule has 0 aliphatic rings. The zero-order valence-electron chi connectivity index (χ0n) is 12.0. The summed E-state index contributed by atoms with van der Waals surface area (Å²) in [5.41, 5.74) is 1.20. The highest BCUT2D eigenvalue weighted by molar-refractivity contribution is 7.15. The highest BCUT2D eigenvalue weighted by Crippen LogP contribution is 2.28. The van der Waals surface area contributed by atoms with Gasteiger partial charge in [0.1, 0.15) is 11.8 Å². The smallest absolute Gasteiger partial charge is 0.275 e. The average Bonchev–Trinajstić information content (AvgIpc) is 3.16. The summed E-state index contributed by atoms with van der Waals surface area (Å²) in [5, 5.41) is 12.5. The highest BCUT2D eigenvalue weighted by atomic mass is 35.5. The van der Waals surface area contributed by atoms with E-state index in [0.717, 1.165) is 4.88 Å². The first-order valence-corrected chi connectivity index (χ1v) is 7.80. The van der Waals surface area contributed by atoms with Gasteiger partial charge in [-0.15, -0.1) is 11.3 Å². The molecule has 2 aromatic heterocycles. The Morgan fingerprint density at radius 3 is 2.91 bits per heavy atom. The molecule has 0 aliphatic heterocycles. The van der Waals surface area contributed by atoms with E-state index in [1.165, 1.54) is 17.4 Å². The molecule has 23 heavy (non-hydrogen) atoms. The minimum Gasteiger partial charge on any atom is -0.462 e. The molecule has 3 aromatic rings. The number of hydrogen-bond acceptors (Lipinski definition) is 5. The van der Waals surface area contributed by atoms with Crippen LogP contribution in [-0.4, -0.2) is 10.9 Å². The second kappa shape index (κ2) is 6.24. The van der Waals surface area contributed by atoms with E-state index >= 15 is 0 Å². The second-order valence-corrected chi connectivity index (χ2v) is 6.27. The van der Waals surface area contributed by atoms with E-state index in [-0.39, 0.29) is 10.9 Å². The maximum atomic E-state index is 12.4. The highest BCUT2D eigenvalue weighted by Gasteiger charge is 2.18. The summed E-state index contributed by atoms with van der Waals surface area (Å²) in [6, 6.07) is 10.2. The third-order valence-corrected chi connectivity index (χ3v) is 4.39. The van der Waals surface area contributed by atoms with Crippen LogP contribution in [0, 0.1) is 18.3 Å². The summed E-state index contributed by atoms with van der Waals surface area (Å²) < 4.78 is 5.30. The van der Waals surface area contributed by atoms with Crippen LogP contribution in [0.3, 0.4) is 0 Å². The number of thiazole rings is 1. The van der Waals surface area contributed by atoms with Crippen molar-refractivity contribution in [1.82, 2.24) is 4.98 Å². The van der Waals surface area contributed by atoms with Crippen molar-refractivity contribution in [2.24, 2.45) is 0 Å². The van der Waals surface area contributed by atoms with Crippen LogP contribution in [0.25, 0.3) is 10.8 Å². The monoisotopic (exact) mass is 343 g/mol. The Kier molecular flexibility index (Phi) is 4.15. The number of rotatable bonds is 3. The summed E-state index contributed by atoms with van der Waals surface area (Å²) in [6.45, 7) is 1.82. The zero-order valence-corrected chi connectivity index (χ0v) is 13.5. The van der Waals surface area contributed by atoms with Crippen LogP contribution in [0.5, 0.6) is 0 Å². The first-order chi connectivity index (χ1) is 11.1. The van der Waals surface area contributed by atoms with Crippen LogP contribution in [0.2, 0.25) is 5.02 Å². The van der Waals surface area contributed by atoms with E-state index in [4.69, 9.17) is 21.3 Å². The number of carbonyl (C=O) groups excluding carboxylic acids is 1. The molecule has 1 N–H and O–H groups in total. The van der Waals surface area contributed by atoms with Gasteiger partial charge in [0, 0.05) is 10.6 Å². The standard InChI is InChI=1S/C16H10ClN3O2S/c1-9-14(20-16(23-9)13-3-2-6-22-13)15(21)19-11-5-4-10(8-18)12(17)7-11/h2-7H,1H3,(H,19,21). The largest absolute Gasteiger partial charge is 0.462 e. The minimum atomic E-state index is -0.336. The molecule has 114 valence electrons. The van der Waals surface area contributed by atoms with Crippen molar-refractivity contribution in [2.45, 2.75) is 6.92 Å². The molecule has 0 unspecified atom stereocenters. The molecule has 2 heterocycles. The predicted molar refractivity (Wildman–Crippen MR) is 88.7 cm³/mol. The Morgan fingerprint density at radius 2 is 2.26 bits per heavy atom. The molecule has 7 heteroatoms. The van der Waals surface area contributed by atoms with Crippen LogP contribution in [0.15, 0.2) is 41.0 Å². The van der Waals surface area contributed by atoms with E-state index in [2.05, 4.69) is 10.3 Å². The van der Waals surface area contributed by atoms with Crippen molar-refractivity contribution in [1.29, 1.82) is 5.26 Å². The van der Waals surface area contributed by atoms with Crippen LogP contribution in [0.4, 0.5) is 5.69 Å². The molecule has 1 amide bonds. The topological polar surface area (TPSA) is 78.9 Å². The molecular formula is C16H10ClN3O2S. The minimum absolute atomic E-state index is 0.288. The molecule has 0 aliphatic carbocycles. The van der Waals surface area contributed by atoms with Gasteiger partial charge in [0.2, 0.25) is 0 Å². The second-order valence-electron chi connectivity index (χ2n) is 4.66. The fourth-order valence-electron chi connectivity index (χ4n) is 1.99. The lowest BCUT2D eigenvalue weighted by Gasteiger charge is -2.05. The molecule has 0 spiro atoms. The molecule has 0 saturated carbocycles. The number of aromatic nitrogens is 1. The Balaban J connectivity index is 1.84. The summed E-state index contributed by atoms with van der Waals surface area (Å²) in [7, 11) is 0. The van der Waals surface area contributed by atoms with Crippen molar-refractivity contribution in [3.05, 3.63) is 57.8 Å². The van der Waals surface area contributed by atoms with Crippen molar-refractivity contribution >= 4 is 34.5 Å². The Bertz CT molecular complexity index is 910. The van der Waals surface area contributed by atoms with Crippen LogP contribution in [-0.2, 0) is 0 Å². The molecule has 0 saturated heterocycles. The van der Waals surface area contributed by atoms with E-state index < -0.39 is 0 Å². The number of carbonyl (C=O) groups is 1. The van der Waals surface area contributed by atoms with Crippen molar-refractivity contribution in [3.63, 3.8) is 0 Å². The van der Waals surface area contributed by atoms with Crippen LogP contribution < -0.4 is 5.32 Å². The number of furan rings is 1. The van der Waals surface area contributed by atoms with E-state index in [1.54, 1.807) is 30.5 Å². The van der Waals surface area contributed by atoms with Gasteiger partial charge in [-0.25, -0.2) is 4.98 Å². The third-order valence-electron chi connectivity index (χ3n) is 3.09. The Morgan fingerprint density at radius 1 is 1.43 bits per heavy atom. The van der Waals surface area contributed by atoms with Gasteiger partial charge < -0.3 is 9.73 Å². The number of aryl methyl sites for hydroxylation is 1. The molecular weight excluding hydrogens is 334 g/mol. The SMILES string of the molecule is Cc1sc(-c2ccco2)nc1C(=O)Nc1ccc(C#N)c(Cl)c1. The lowest BCUT2D eigenvalue weighted by Crippen LogP contribution is -2.13. The number of benzene rings is 1. The fraction of sp³-hybridized carbons (Fsp3) is 0.0625. The average molecular weight is 344 g/mol. The summed E-state index contributed by atoms with van der Waals surface area (Å²) in [5.74, 6) is 0.288. The Labute approximate surface area is 141 Å². The lowest BCUT2D eigenvalue weighted by molar-refractivity contribution is 0.102. The zero-order chi connectivity index (χ0) is 16.4. The summed E-state index contributed by atoms with van der Waals surface area (Å²) in [6.07, 6.45) is 1.56. The van der Waals surface area contributed by atoms with E-state index in [9.17, 15) is 4.79 Å². The Hall–Kier alpha value is -2.62. The van der Waals surface area contributed by atoms with Crippen molar-refractivity contribution in [3.8, 4) is 16.8 Å². The van der Waals surface area contributed by atoms with E-state index in [1.807, 2.05) is 13.0 Å². The number of halogens is 1. The molecule has 1 aromatic carbocycles. The summed E-state index contributed by atoms with van der Waals surface area (Å²) >= 11 is 7.35. The van der Waals surface area contributed by atoms with Gasteiger partial charge in [-0.1, -0.05) is 11.6 Å². The molecule has 0 radical (unpaired) electrons. The van der Waals surface area contributed by atoms with Crippen LogP contribution >= 0.6 is 22.9 Å². The van der Waals surface area contributed by atoms with Gasteiger partial charge in [-0.2, -0.15) is 5.26 Å². The number of anilines is 1. The first-order valence-electron chi connectivity index (χ1n) is 6.61. The summed E-state index contributed by atoms with van der Waals surface area (Å²) in [4.78, 5) is 17.5. The number of nitriles is 1.